The topological polar surface area (TPSA) is 55.1 Å². The lowest BCUT2D eigenvalue weighted by Gasteiger charge is -2.02. The normalized spacial score (nSPS) is 11.5. The molecule has 2 aromatic heterocycles. The number of fused-ring (bicyclic) bond motifs is 1. The van der Waals surface area contributed by atoms with Gasteiger partial charge in [-0.2, -0.15) is 0 Å². The van der Waals surface area contributed by atoms with Gasteiger partial charge >= 0.3 is 5.97 Å². The molecule has 5 heteroatoms. The van der Waals surface area contributed by atoms with Crippen LogP contribution in [0.3, 0.4) is 0 Å². The van der Waals surface area contributed by atoms with Crippen molar-refractivity contribution in [1.82, 2.24) is 9.55 Å². The van der Waals surface area contributed by atoms with E-state index in [0.29, 0.717) is 11.0 Å². The van der Waals surface area contributed by atoms with Crippen LogP contribution >= 0.6 is 11.3 Å². The smallest absolute Gasteiger partial charge is 0.355 e. The van der Waals surface area contributed by atoms with Crippen LogP contribution in [0.1, 0.15) is 35.5 Å². The second-order valence-electron chi connectivity index (χ2n) is 5.96. The molecule has 0 spiro atoms. The van der Waals surface area contributed by atoms with Crippen molar-refractivity contribution >= 4 is 28.2 Å². The molecule has 0 radical (unpaired) electrons. The quantitative estimate of drug-likeness (QED) is 0.781. The van der Waals surface area contributed by atoms with Crippen LogP contribution in [0.4, 0.5) is 0 Å². The molecule has 0 saturated heterocycles. The number of hydrogen-bond acceptors (Lipinski definition) is 3. The van der Waals surface area contributed by atoms with Gasteiger partial charge in [0.15, 0.2) is 10.8 Å². The number of benzene rings is 1. The Labute approximate surface area is 133 Å². The zero-order valence-corrected chi connectivity index (χ0v) is 13.6. The highest BCUT2D eigenvalue weighted by Gasteiger charge is 2.15. The van der Waals surface area contributed by atoms with E-state index in [2.05, 4.69) is 50.2 Å². The van der Waals surface area contributed by atoms with E-state index < -0.39 is 5.97 Å². The molecule has 0 amide bonds. The fourth-order valence-electron chi connectivity index (χ4n) is 2.64. The largest absolute Gasteiger partial charge is 0.476 e. The van der Waals surface area contributed by atoms with Gasteiger partial charge in [-0.25, -0.2) is 9.78 Å². The lowest BCUT2D eigenvalue weighted by molar-refractivity contribution is 0.0691. The molecular weight excluding hydrogens is 296 g/mol. The Balaban J connectivity index is 2.19. The van der Waals surface area contributed by atoms with Gasteiger partial charge in [-0.15, -0.1) is 11.3 Å². The maximum absolute atomic E-state index is 11.0. The van der Waals surface area contributed by atoms with Gasteiger partial charge in [0.1, 0.15) is 0 Å². The lowest BCUT2D eigenvalue weighted by atomic mass is 10.0. The fourth-order valence-corrected chi connectivity index (χ4v) is 3.43. The summed E-state index contributed by atoms with van der Waals surface area (Å²) in [5, 5.41) is 12.6. The Bertz CT molecular complexity index is 846. The van der Waals surface area contributed by atoms with Gasteiger partial charge in [-0.05, 0) is 36.5 Å². The van der Waals surface area contributed by atoms with Crippen LogP contribution < -0.4 is 0 Å². The number of aryl methyl sites for hydroxylation is 1. The number of nitrogens with zero attached hydrogens (tertiary/aromatic N) is 2. The maximum atomic E-state index is 11.0. The average molecular weight is 314 g/mol. The van der Waals surface area contributed by atoms with E-state index in [4.69, 9.17) is 5.11 Å². The summed E-state index contributed by atoms with van der Waals surface area (Å²) < 4.78 is 2.01. The molecule has 0 atom stereocenters. The third-order valence-electron chi connectivity index (χ3n) is 3.59. The number of carboxylic acids is 1. The molecule has 0 saturated carbocycles. The van der Waals surface area contributed by atoms with E-state index in [-0.39, 0.29) is 5.69 Å². The summed E-state index contributed by atoms with van der Waals surface area (Å²) in [7, 11) is 0. The average Bonchev–Trinajstić information content (AvgIpc) is 3.03. The first-order valence-corrected chi connectivity index (χ1v) is 8.13. The Hall–Kier alpha value is -2.14. The molecular formula is C17H18N2O2S. The molecule has 0 aliphatic carbocycles. The Kier molecular flexibility index (Phi) is 3.74. The number of carbonyl (C=O) groups is 1. The molecule has 0 fully saturated rings. The lowest BCUT2D eigenvalue weighted by Crippen LogP contribution is -1.98. The molecule has 4 nitrogen and oxygen atoms in total. The summed E-state index contributed by atoms with van der Waals surface area (Å²) in [4.78, 5) is 15.3. The standard InChI is InChI=1S/C17H18N2O2S/c1-10(2)6-12-8-19(15-7-11(3)4-5-13(12)15)17-18-14(9-22-17)16(20)21/h4-5,7-10H,6H2,1-3H3,(H,20,21). The SMILES string of the molecule is Cc1ccc2c(CC(C)C)cn(-c3nc(C(=O)O)cs3)c2c1. The van der Waals surface area contributed by atoms with Crippen molar-refractivity contribution in [2.75, 3.05) is 0 Å². The summed E-state index contributed by atoms with van der Waals surface area (Å²) in [6.07, 6.45) is 3.08. The molecule has 3 rings (SSSR count). The van der Waals surface area contributed by atoms with Crippen molar-refractivity contribution in [1.29, 1.82) is 0 Å². The third kappa shape index (κ3) is 2.64. The minimum Gasteiger partial charge on any atom is -0.476 e. The highest BCUT2D eigenvalue weighted by Crippen LogP contribution is 2.29. The van der Waals surface area contributed by atoms with E-state index >= 15 is 0 Å². The zero-order chi connectivity index (χ0) is 15.9. The molecule has 1 aromatic carbocycles. The highest BCUT2D eigenvalue weighted by atomic mass is 32.1. The van der Waals surface area contributed by atoms with E-state index in [1.165, 1.54) is 27.8 Å². The molecule has 3 aromatic rings. The number of hydrogen-bond donors (Lipinski definition) is 1. The predicted octanol–water partition coefficient (Wildman–Crippen LogP) is 4.29. The molecule has 2 heterocycles. The van der Waals surface area contributed by atoms with Crippen LogP contribution in [0.15, 0.2) is 29.8 Å². The fraction of sp³-hybridized carbons (Fsp3) is 0.294. The number of carboxylic acid groups (broad SMARTS) is 1. The van der Waals surface area contributed by atoms with Crippen molar-refractivity contribution < 1.29 is 9.90 Å². The molecule has 114 valence electrons. The van der Waals surface area contributed by atoms with Crippen molar-refractivity contribution in [3.8, 4) is 5.13 Å². The summed E-state index contributed by atoms with van der Waals surface area (Å²) >= 11 is 1.35. The monoisotopic (exact) mass is 314 g/mol. The number of aromatic carboxylic acids is 1. The van der Waals surface area contributed by atoms with Gasteiger partial charge < -0.3 is 5.11 Å². The van der Waals surface area contributed by atoms with Gasteiger partial charge in [0.2, 0.25) is 0 Å². The van der Waals surface area contributed by atoms with Crippen LogP contribution in [0.5, 0.6) is 0 Å². The van der Waals surface area contributed by atoms with Crippen molar-refractivity contribution in [3.63, 3.8) is 0 Å². The van der Waals surface area contributed by atoms with Gasteiger partial charge in [0.25, 0.3) is 0 Å². The predicted molar refractivity (Wildman–Crippen MR) is 89.2 cm³/mol. The minimum absolute atomic E-state index is 0.0971. The Morgan fingerprint density at radius 3 is 2.82 bits per heavy atom. The van der Waals surface area contributed by atoms with Gasteiger partial charge in [0, 0.05) is 17.0 Å². The first-order valence-electron chi connectivity index (χ1n) is 7.25. The van der Waals surface area contributed by atoms with E-state index in [1.54, 1.807) is 5.38 Å². The first-order chi connectivity index (χ1) is 10.5. The van der Waals surface area contributed by atoms with Crippen LogP contribution in [0.25, 0.3) is 16.0 Å². The summed E-state index contributed by atoms with van der Waals surface area (Å²) in [6.45, 7) is 6.45. The van der Waals surface area contributed by atoms with E-state index in [1.807, 2.05) is 4.57 Å². The number of rotatable bonds is 4. The maximum Gasteiger partial charge on any atom is 0.355 e. The van der Waals surface area contributed by atoms with Gasteiger partial charge in [-0.1, -0.05) is 26.0 Å². The summed E-state index contributed by atoms with van der Waals surface area (Å²) in [5.74, 6) is -0.427. The molecule has 0 unspecified atom stereocenters. The van der Waals surface area contributed by atoms with Gasteiger partial charge in [0.05, 0.1) is 5.52 Å². The molecule has 1 N–H and O–H groups in total. The van der Waals surface area contributed by atoms with Crippen molar-refractivity contribution in [2.24, 2.45) is 5.92 Å². The van der Waals surface area contributed by atoms with Crippen LogP contribution in [-0.2, 0) is 6.42 Å². The second kappa shape index (κ2) is 5.57. The van der Waals surface area contributed by atoms with E-state index in [0.717, 1.165) is 11.9 Å². The minimum atomic E-state index is -0.988. The van der Waals surface area contributed by atoms with E-state index in [9.17, 15) is 4.79 Å². The van der Waals surface area contributed by atoms with Crippen molar-refractivity contribution in [2.45, 2.75) is 27.2 Å². The number of aromatic nitrogens is 2. The highest BCUT2D eigenvalue weighted by molar-refractivity contribution is 7.12. The number of thiazole rings is 1. The Morgan fingerprint density at radius 2 is 2.18 bits per heavy atom. The molecule has 0 aliphatic rings. The van der Waals surface area contributed by atoms with Crippen molar-refractivity contribution in [3.05, 3.63) is 46.6 Å². The zero-order valence-electron chi connectivity index (χ0n) is 12.8. The molecule has 0 aliphatic heterocycles. The van der Waals surface area contributed by atoms with Crippen LogP contribution in [0.2, 0.25) is 0 Å². The third-order valence-corrected chi connectivity index (χ3v) is 4.43. The van der Waals surface area contributed by atoms with Crippen LogP contribution in [0, 0.1) is 12.8 Å². The molecule has 0 bridgehead atoms. The molecule has 22 heavy (non-hydrogen) atoms. The second-order valence-corrected chi connectivity index (χ2v) is 6.80. The Morgan fingerprint density at radius 1 is 1.41 bits per heavy atom. The first kappa shape index (κ1) is 14.8. The summed E-state index contributed by atoms with van der Waals surface area (Å²) in [6, 6.07) is 6.38. The van der Waals surface area contributed by atoms with Gasteiger partial charge in [-0.3, -0.25) is 4.57 Å². The summed E-state index contributed by atoms with van der Waals surface area (Å²) in [5.41, 5.74) is 3.64. The van der Waals surface area contributed by atoms with Crippen LogP contribution in [-0.4, -0.2) is 20.6 Å².